The fourth-order valence-corrected chi connectivity index (χ4v) is 3.78. The summed E-state index contributed by atoms with van der Waals surface area (Å²) < 4.78 is 8.80. The van der Waals surface area contributed by atoms with E-state index < -0.39 is 0 Å². The molecule has 0 unspecified atom stereocenters. The van der Waals surface area contributed by atoms with Gasteiger partial charge in [-0.1, -0.05) is 18.2 Å². The molecule has 0 radical (unpaired) electrons. The highest BCUT2D eigenvalue weighted by molar-refractivity contribution is 8.93. The average molecular weight is 453 g/mol. The van der Waals surface area contributed by atoms with Crippen molar-refractivity contribution in [3.8, 4) is 22.7 Å². The summed E-state index contributed by atoms with van der Waals surface area (Å²) in [5, 5.41) is 4.04. The topological polar surface area (TPSA) is 60.6 Å². The first-order valence-electron chi connectivity index (χ1n) is 9.37. The van der Waals surface area contributed by atoms with Crippen molar-refractivity contribution >= 4 is 28.3 Å². The van der Waals surface area contributed by atoms with Crippen LogP contribution in [0.1, 0.15) is 12.8 Å². The first kappa shape index (κ1) is 19.3. The SMILES string of the molecule is Br.COc1ccc(-c2cn3c(n2)c(=C2CCCN2)c(=O)n3-c2ccccc2)cc1. The van der Waals surface area contributed by atoms with Gasteiger partial charge in [0.15, 0.2) is 5.65 Å². The highest BCUT2D eigenvalue weighted by Gasteiger charge is 2.20. The summed E-state index contributed by atoms with van der Waals surface area (Å²) in [5.41, 5.74) is 4.25. The van der Waals surface area contributed by atoms with Gasteiger partial charge in [-0.3, -0.25) is 4.79 Å². The number of fused-ring (bicyclic) bond motifs is 1. The van der Waals surface area contributed by atoms with Crippen LogP contribution in [0.15, 0.2) is 65.6 Å². The molecule has 0 bridgehead atoms. The summed E-state index contributed by atoms with van der Waals surface area (Å²) in [4.78, 5) is 18.1. The Morgan fingerprint density at radius 3 is 2.48 bits per heavy atom. The molecule has 5 rings (SSSR count). The van der Waals surface area contributed by atoms with Gasteiger partial charge < -0.3 is 10.1 Å². The summed E-state index contributed by atoms with van der Waals surface area (Å²) in [6.07, 6.45) is 3.82. The maximum absolute atomic E-state index is 13.3. The maximum atomic E-state index is 13.3. The average Bonchev–Trinajstić information content (AvgIpc) is 3.45. The highest BCUT2D eigenvalue weighted by atomic mass is 79.9. The Hall–Kier alpha value is -3.06. The number of methoxy groups -OCH3 is 1. The molecular weight excluding hydrogens is 432 g/mol. The molecule has 4 aromatic rings. The van der Waals surface area contributed by atoms with Gasteiger partial charge in [0.25, 0.3) is 5.56 Å². The van der Waals surface area contributed by atoms with E-state index in [4.69, 9.17) is 9.72 Å². The van der Waals surface area contributed by atoms with Crippen molar-refractivity contribution in [1.82, 2.24) is 19.5 Å². The molecule has 0 amide bonds. The van der Waals surface area contributed by atoms with Crippen LogP contribution in [0.25, 0.3) is 28.3 Å². The minimum atomic E-state index is -0.0422. The van der Waals surface area contributed by atoms with E-state index in [0.29, 0.717) is 10.9 Å². The van der Waals surface area contributed by atoms with Crippen molar-refractivity contribution in [2.24, 2.45) is 0 Å². The van der Waals surface area contributed by atoms with Crippen molar-refractivity contribution in [1.29, 1.82) is 0 Å². The van der Waals surface area contributed by atoms with Crippen molar-refractivity contribution in [2.75, 3.05) is 13.7 Å². The molecule has 1 N–H and O–H groups in total. The molecule has 29 heavy (non-hydrogen) atoms. The fourth-order valence-electron chi connectivity index (χ4n) is 3.78. The van der Waals surface area contributed by atoms with Crippen LogP contribution in [0.2, 0.25) is 0 Å². The maximum Gasteiger partial charge on any atom is 0.283 e. The normalized spacial score (nSPS) is 15.2. The molecule has 0 aliphatic carbocycles. The van der Waals surface area contributed by atoms with E-state index in [1.807, 2.05) is 65.3 Å². The number of ether oxygens (including phenoxy) is 1. The van der Waals surface area contributed by atoms with Crippen molar-refractivity contribution in [3.63, 3.8) is 0 Å². The van der Waals surface area contributed by atoms with Crippen LogP contribution in [0.5, 0.6) is 5.75 Å². The number of imidazole rings is 1. The second-order valence-electron chi connectivity index (χ2n) is 6.86. The Balaban J connectivity index is 0.00000205. The predicted octanol–water partition coefficient (Wildman–Crippen LogP) is 2.95. The number of nitrogens with zero attached hydrogens (tertiary/aromatic N) is 3. The third kappa shape index (κ3) is 3.21. The van der Waals surface area contributed by atoms with Crippen molar-refractivity contribution < 1.29 is 4.74 Å². The first-order chi connectivity index (χ1) is 13.8. The molecular formula is C22H21BrN4O2. The molecule has 2 aromatic carbocycles. The second kappa shape index (κ2) is 7.75. The van der Waals surface area contributed by atoms with Gasteiger partial charge in [0.2, 0.25) is 0 Å². The number of hydrogen-bond donors (Lipinski definition) is 1. The van der Waals surface area contributed by atoms with Crippen LogP contribution in [-0.4, -0.2) is 27.8 Å². The molecule has 1 fully saturated rings. The molecule has 0 saturated carbocycles. The zero-order valence-corrected chi connectivity index (χ0v) is 17.7. The van der Waals surface area contributed by atoms with Gasteiger partial charge >= 0.3 is 0 Å². The van der Waals surface area contributed by atoms with Crippen LogP contribution >= 0.6 is 17.0 Å². The van der Waals surface area contributed by atoms with E-state index in [9.17, 15) is 4.79 Å². The summed E-state index contributed by atoms with van der Waals surface area (Å²) in [6, 6.07) is 17.5. The molecule has 2 aromatic heterocycles. The molecule has 7 heteroatoms. The predicted molar refractivity (Wildman–Crippen MR) is 119 cm³/mol. The van der Waals surface area contributed by atoms with Gasteiger partial charge in [-0.2, -0.15) is 0 Å². The number of halogens is 1. The number of aromatic nitrogens is 3. The zero-order valence-electron chi connectivity index (χ0n) is 16.0. The summed E-state index contributed by atoms with van der Waals surface area (Å²) in [7, 11) is 1.65. The van der Waals surface area contributed by atoms with Crippen LogP contribution in [0.4, 0.5) is 0 Å². The van der Waals surface area contributed by atoms with E-state index in [-0.39, 0.29) is 22.5 Å². The number of rotatable bonds is 3. The highest BCUT2D eigenvalue weighted by Crippen LogP contribution is 2.22. The Labute approximate surface area is 178 Å². The lowest BCUT2D eigenvalue weighted by Gasteiger charge is -2.03. The van der Waals surface area contributed by atoms with Gasteiger partial charge in [0.1, 0.15) is 11.0 Å². The quantitative estimate of drug-likeness (QED) is 0.519. The first-order valence-corrected chi connectivity index (χ1v) is 9.37. The van der Waals surface area contributed by atoms with Crippen LogP contribution in [-0.2, 0) is 0 Å². The standard InChI is InChI=1S/C22H20N4O2.BrH/c1-28-17-11-9-15(10-12-17)19-14-25-21(24-19)20(18-8-5-13-23-18)22(27)26(25)16-6-3-2-4-7-16;/h2-4,6-7,9-12,14,23H,5,8,13H2,1H3;1H. The molecule has 1 aliphatic heterocycles. The van der Waals surface area contributed by atoms with Gasteiger partial charge in [-0.05, 0) is 49.2 Å². The number of para-hydroxylation sites is 1. The van der Waals surface area contributed by atoms with Crippen LogP contribution in [0, 0.1) is 0 Å². The number of benzene rings is 2. The van der Waals surface area contributed by atoms with Crippen LogP contribution < -0.4 is 20.8 Å². The largest absolute Gasteiger partial charge is 0.497 e. The van der Waals surface area contributed by atoms with E-state index in [1.165, 1.54) is 0 Å². The lowest BCUT2D eigenvalue weighted by atomic mass is 10.2. The Kier molecular flexibility index (Phi) is 5.15. The monoisotopic (exact) mass is 452 g/mol. The number of hydrogen-bond acceptors (Lipinski definition) is 4. The van der Waals surface area contributed by atoms with E-state index >= 15 is 0 Å². The van der Waals surface area contributed by atoms with Crippen molar-refractivity contribution in [3.05, 3.63) is 76.4 Å². The minimum Gasteiger partial charge on any atom is -0.497 e. The van der Waals surface area contributed by atoms with Gasteiger partial charge in [0, 0.05) is 17.8 Å². The fraction of sp³-hybridized carbons (Fsp3) is 0.182. The second-order valence-corrected chi connectivity index (χ2v) is 6.86. The number of nitrogens with one attached hydrogen (secondary N) is 1. The molecule has 3 heterocycles. The lowest BCUT2D eigenvalue weighted by molar-refractivity contribution is 0.415. The van der Waals surface area contributed by atoms with E-state index in [2.05, 4.69) is 5.32 Å². The molecule has 6 nitrogen and oxygen atoms in total. The summed E-state index contributed by atoms with van der Waals surface area (Å²) in [6.45, 7) is 0.892. The summed E-state index contributed by atoms with van der Waals surface area (Å²) >= 11 is 0. The zero-order chi connectivity index (χ0) is 19.1. The molecule has 1 aliphatic rings. The van der Waals surface area contributed by atoms with E-state index in [1.54, 1.807) is 11.8 Å². The van der Waals surface area contributed by atoms with E-state index in [0.717, 1.165) is 47.8 Å². The summed E-state index contributed by atoms with van der Waals surface area (Å²) in [5.74, 6) is 0.801. The Morgan fingerprint density at radius 1 is 1.07 bits per heavy atom. The van der Waals surface area contributed by atoms with Crippen LogP contribution in [0.3, 0.4) is 0 Å². The molecule has 148 valence electrons. The third-order valence-electron chi connectivity index (χ3n) is 5.16. The Morgan fingerprint density at radius 2 is 1.83 bits per heavy atom. The van der Waals surface area contributed by atoms with Gasteiger partial charge in [0.05, 0.1) is 24.7 Å². The molecule has 1 saturated heterocycles. The molecule has 0 atom stereocenters. The third-order valence-corrected chi connectivity index (χ3v) is 5.16. The Bertz CT molecular complexity index is 1250. The minimum absolute atomic E-state index is 0. The smallest absolute Gasteiger partial charge is 0.283 e. The molecule has 0 spiro atoms. The lowest BCUT2D eigenvalue weighted by Crippen LogP contribution is -2.32. The van der Waals surface area contributed by atoms with Gasteiger partial charge in [-0.25, -0.2) is 14.2 Å². The van der Waals surface area contributed by atoms with Crippen molar-refractivity contribution in [2.45, 2.75) is 12.8 Å². The van der Waals surface area contributed by atoms with Gasteiger partial charge in [-0.15, -0.1) is 17.0 Å².